The molecule has 0 unspecified atom stereocenters. The molecule has 0 bridgehead atoms. The van der Waals surface area contributed by atoms with Gasteiger partial charge < -0.3 is 20.6 Å². The molecule has 100 valence electrons. The molecule has 0 saturated carbocycles. The van der Waals surface area contributed by atoms with E-state index >= 15 is 0 Å². The lowest BCUT2D eigenvalue weighted by Crippen LogP contribution is -2.41. The standard InChI is InChI=1S/C11H16NO5P/c1-7(18(15,16)17)9(10(12)11(13)14)8-5-3-2-4-6-8/h2-7,9-10H,12H2,1H3,(H,13,14)(H2,15,16,17)/t7-,9+,10-/m0/s1. The predicted octanol–water partition coefficient (Wildman–Crippen LogP) is 0.748. The first-order valence-electron chi connectivity index (χ1n) is 5.33. The van der Waals surface area contributed by atoms with Crippen LogP contribution in [0.15, 0.2) is 30.3 Å². The van der Waals surface area contributed by atoms with Crippen LogP contribution in [0.1, 0.15) is 18.4 Å². The summed E-state index contributed by atoms with van der Waals surface area (Å²) >= 11 is 0. The second-order valence-corrected chi connectivity index (χ2v) is 6.12. The van der Waals surface area contributed by atoms with Crippen LogP contribution in [-0.2, 0) is 9.36 Å². The Morgan fingerprint density at radius 3 is 2.17 bits per heavy atom. The minimum absolute atomic E-state index is 0.503. The van der Waals surface area contributed by atoms with E-state index in [1.54, 1.807) is 30.3 Å². The number of carbonyl (C=O) groups is 1. The molecular weight excluding hydrogens is 257 g/mol. The predicted molar refractivity (Wildman–Crippen MR) is 66.3 cm³/mol. The van der Waals surface area contributed by atoms with Gasteiger partial charge in [-0.1, -0.05) is 37.3 Å². The lowest BCUT2D eigenvalue weighted by molar-refractivity contribution is -0.139. The summed E-state index contributed by atoms with van der Waals surface area (Å²) in [6, 6.07) is 6.93. The van der Waals surface area contributed by atoms with Crippen molar-refractivity contribution in [2.24, 2.45) is 5.73 Å². The van der Waals surface area contributed by atoms with Crippen LogP contribution in [0.2, 0.25) is 0 Å². The molecule has 0 fully saturated rings. The lowest BCUT2D eigenvalue weighted by atomic mass is 9.89. The first-order chi connectivity index (χ1) is 8.25. The van der Waals surface area contributed by atoms with Crippen LogP contribution in [0.25, 0.3) is 0 Å². The van der Waals surface area contributed by atoms with Crippen molar-refractivity contribution in [3.05, 3.63) is 35.9 Å². The average molecular weight is 273 g/mol. The summed E-state index contributed by atoms with van der Waals surface area (Å²) in [5, 5.41) is 8.95. The molecule has 0 aromatic heterocycles. The van der Waals surface area contributed by atoms with Gasteiger partial charge in [-0.15, -0.1) is 0 Å². The highest BCUT2D eigenvalue weighted by Crippen LogP contribution is 2.48. The Bertz CT molecular complexity index is 458. The first-order valence-corrected chi connectivity index (χ1v) is 7.02. The Labute approximate surface area is 105 Å². The van der Waals surface area contributed by atoms with Gasteiger partial charge in [-0.25, -0.2) is 0 Å². The number of carboxylic acid groups (broad SMARTS) is 1. The van der Waals surface area contributed by atoms with Gasteiger partial charge in [0.15, 0.2) is 0 Å². The molecule has 0 aliphatic rings. The number of rotatable bonds is 5. The van der Waals surface area contributed by atoms with Gasteiger partial charge in [0.25, 0.3) is 0 Å². The number of hydrogen-bond acceptors (Lipinski definition) is 3. The number of carboxylic acids is 1. The summed E-state index contributed by atoms with van der Waals surface area (Å²) in [4.78, 5) is 29.4. The van der Waals surface area contributed by atoms with Crippen molar-refractivity contribution >= 4 is 13.6 Å². The molecule has 1 aromatic carbocycles. The van der Waals surface area contributed by atoms with Crippen LogP contribution < -0.4 is 5.73 Å². The molecular formula is C11H16NO5P. The van der Waals surface area contributed by atoms with E-state index in [9.17, 15) is 19.1 Å². The van der Waals surface area contributed by atoms with Gasteiger partial charge in [0.2, 0.25) is 0 Å². The van der Waals surface area contributed by atoms with Crippen molar-refractivity contribution in [1.29, 1.82) is 0 Å². The fourth-order valence-electron chi connectivity index (χ4n) is 1.82. The van der Waals surface area contributed by atoms with Crippen molar-refractivity contribution in [3.8, 4) is 0 Å². The van der Waals surface area contributed by atoms with Crippen molar-refractivity contribution in [3.63, 3.8) is 0 Å². The molecule has 7 heteroatoms. The van der Waals surface area contributed by atoms with E-state index in [2.05, 4.69) is 0 Å². The summed E-state index contributed by atoms with van der Waals surface area (Å²) in [5.74, 6) is -2.23. The van der Waals surface area contributed by atoms with Crippen LogP contribution in [-0.4, -0.2) is 32.6 Å². The smallest absolute Gasteiger partial charge is 0.329 e. The zero-order valence-corrected chi connectivity index (χ0v) is 10.7. The van der Waals surface area contributed by atoms with Gasteiger partial charge in [0.1, 0.15) is 6.04 Å². The maximum atomic E-state index is 11.3. The van der Waals surface area contributed by atoms with Gasteiger partial charge in [-0.3, -0.25) is 9.36 Å². The van der Waals surface area contributed by atoms with Gasteiger partial charge in [0.05, 0.1) is 5.66 Å². The summed E-state index contributed by atoms with van der Waals surface area (Å²) in [5.41, 5.74) is 4.89. The number of aliphatic carboxylic acids is 1. The Kier molecular flexibility index (Phi) is 4.65. The summed E-state index contributed by atoms with van der Waals surface area (Å²) in [6.45, 7) is 1.31. The third kappa shape index (κ3) is 3.40. The van der Waals surface area contributed by atoms with E-state index in [1.165, 1.54) is 6.92 Å². The van der Waals surface area contributed by atoms with Crippen molar-refractivity contribution in [2.45, 2.75) is 24.5 Å². The van der Waals surface area contributed by atoms with E-state index in [1.807, 2.05) is 0 Å². The highest BCUT2D eigenvalue weighted by atomic mass is 31.2. The van der Waals surface area contributed by atoms with Crippen molar-refractivity contribution < 1.29 is 24.3 Å². The Hall–Kier alpha value is -1.20. The SMILES string of the molecule is C[C@@H]([C@H](c1ccccc1)[C@H](N)C(=O)O)P(=O)(O)O. The Morgan fingerprint density at radius 1 is 1.28 bits per heavy atom. The Morgan fingerprint density at radius 2 is 1.78 bits per heavy atom. The van der Waals surface area contributed by atoms with Crippen LogP contribution in [0, 0.1) is 0 Å². The number of hydrogen-bond donors (Lipinski definition) is 4. The molecule has 0 saturated heterocycles. The highest BCUT2D eigenvalue weighted by Gasteiger charge is 2.39. The summed E-state index contributed by atoms with van der Waals surface area (Å²) in [7, 11) is -4.42. The molecule has 1 aromatic rings. The highest BCUT2D eigenvalue weighted by molar-refractivity contribution is 7.52. The van der Waals surface area contributed by atoms with Crippen LogP contribution in [0.5, 0.6) is 0 Å². The minimum Gasteiger partial charge on any atom is -0.480 e. The van der Waals surface area contributed by atoms with Crippen LogP contribution in [0.4, 0.5) is 0 Å². The topological polar surface area (TPSA) is 121 Å². The molecule has 18 heavy (non-hydrogen) atoms. The molecule has 0 aliphatic carbocycles. The van der Waals surface area contributed by atoms with Crippen LogP contribution in [0.3, 0.4) is 0 Å². The van der Waals surface area contributed by atoms with E-state index in [4.69, 9.17) is 10.8 Å². The molecule has 0 aliphatic heterocycles. The van der Waals surface area contributed by atoms with E-state index in [0.29, 0.717) is 5.56 Å². The Balaban J connectivity index is 3.19. The molecule has 0 amide bonds. The van der Waals surface area contributed by atoms with Crippen molar-refractivity contribution in [2.75, 3.05) is 0 Å². The quantitative estimate of drug-likeness (QED) is 0.587. The third-order valence-electron chi connectivity index (χ3n) is 2.91. The second-order valence-electron chi connectivity index (χ2n) is 4.13. The summed E-state index contributed by atoms with van der Waals surface area (Å²) < 4.78 is 11.3. The molecule has 6 nitrogen and oxygen atoms in total. The maximum absolute atomic E-state index is 11.3. The van der Waals surface area contributed by atoms with E-state index in [-0.39, 0.29) is 0 Å². The largest absolute Gasteiger partial charge is 0.480 e. The van der Waals surface area contributed by atoms with Crippen LogP contribution >= 0.6 is 7.60 Å². The normalized spacial score (nSPS) is 16.9. The van der Waals surface area contributed by atoms with Gasteiger partial charge >= 0.3 is 13.6 Å². The average Bonchev–Trinajstić information content (AvgIpc) is 2.29. The fourth-order valence-corrected chi connectivity index (χ4v) is 2.60. The molecule has 0 radical (unpaired) electrons. The molecule has 0 heterocycles. The third-order valence-corrected chi connectivity index (χ3v) is 4.29. The monoisotopic (exact) mass is 273 g/mol. The first kappa shape index (κ1) is 14.9. The zero-order chi connectivity index (χ0) is 13.9. The van der Waals surface area contributed by atoms with Gasteiger partial charge in [-0.05, 0) is 5.56 Å². The van der Waals surface area contributed by atoms with Crippen molar-refractivity contribution in [1.82, 2.24) is 0 Å². The van der Waals surface area contributed by atoms with E-state index in [0.717, 1.165) is 0 Å². The lowest BCUT2D eigenvalue weighted by Gasteiger charge is -2.28. The fraction of sp³-hybridized carbons (Fsp3) is 0.364. The molecule has 0 spiro atoms. The second kappa shape index (κ2) is 5.63. The zero-order valence-electron chi connectivity index (χ0n) is 9.80. The minimum atomic E-state index is -4.42. The summed E-state index contributed by atoms with van der Waals surface area (Å²) in [6.07, 6.45) is 0. The number of benzene rings is 1. The molecule has 3 atom stereocenters. The van der Waals surface area contributed by atoms with Gasteiger partial charge in [0, 0.05) is 5.92 Å². The number of nitrogens with two attached hydrogens (primary N) is 1. The molecule has 5 N–H and O–H groups in total. The maximum Gasteiger partial charge on any atom is 0.329 e. The van der Waals surface area contributed by atoms with Gasteiger partial charge in [-0.2, -0.15) is 0 Å². The molecule has 1 rings (SSSR count). The van der Waals surface area contributed by atoms with E-state index < -0.39 is 31.2 Å².